The highest BCUT2D eigenvalue weighted by atomic mass is 35.5. The van der Waals surface area contributed by atoms with Crippen LogP contribution in [-0.2, 0) is 0 Å². The van der Waals surface area contributed by atoms with Gasteiger partial charge in [-0.25, -0.2) is 0 Å². The fraction of sp³-hybridized carbons (Fsp3) is 0.571. The van der Waals surface area contributed by atoms with Crippen LogP contribution in [-0.4, -0.2) is 41.5 Å². The molecule has 0 spiro atoms. The first-order valence-electron chi connectivity index (χ1n) is 6.80. The highest BCUT2D eigenvalue weighted by Crippen LogP contribution is 2.28. The molecule has 0 unspecified atom stereocenters. The molecule has 20 heavy (non-hydrogen) atoms. The number of carbonyl (C=O) groups excluding carboxylic acids is 1. The van der Waals surface area contributed by atoms with Crippen LogP contribution in [0.15, 0.2) is 10.9 Å². The normalized spacial score (nSPS) is 24.4. The van der Waals surface area contributed by atoms with Gasteiger partial charge in [-0.1, -0.05) is 0 Å². The molecule has 0 bridgehead atoms. The lowest BCUT2D eigenvalue weighted by Crippen LogP contribution is -2.41. The van der Waals surface area contributed by atoms with E-state index in [1.807, 2.05) is 24.8 Å². The van der Waals surface area contributed by atoms with Gasteiger partial charge in [0.2, 0.25) is 0 Å². The summed E-state index contributed by atoms with van der Waals surface area (Å²) in [5.74, 6) is 0.434. The smallest absolute Gasteiger partial charge is 0.261 e. The number of hydrogen-bond donors (Lipinski definition) is 2. The summed E-state index contributed by atoms with van der Waals surface area (Å²) in [5, 5.41) is 3.32. The van der Waals surface area contributed by atoms with Crippen LogP contribution >= 0.6 is 12.4 Å². The van der Waals surface area contributed by atoms with E-state index in [0.717, 1.165) is 37.3 Å². The van der Waals surface area contributed by atoms with Crippen molar-refractivity contribution < 1.29 is 4.79 Å². The molecule has 2 saturated heterocycles. The van der Waals surface area contributed by atoms with Crippen molar-refractivity contribution in [2.45, 2.75) is 26.3 Å². The number of carbonyl (C=O) groups is 1. The van der Waals surface area contributed by atoms with Crippen LogP contribution in [0.25, 0.3) is 0 Å². The Morgan fingerprint density at radius 3 is 2.80 bits per heavy atom. The second kappa shape index (κ2) is 5.58. The quantitative estimate of drug-likeness (QED) is 0.807. The number of aromatic amines is 1. The Kier molecular flexibility index (Phi) is 4.20. The average molecular weight is 298 g/mol. The predicted molar refractivity (Wildman–Crippen MR) is 79.6 cm³/mol. The number of likely N-dealkylation sites (tertiary alicyclic amines) is 1. The van der Waals surface area contributed by atoms with E-state index in [2.05, 4.69) is 10.3 Å². The minimum Gasteiger partial charge on any atom is -0.334 e. The summed E-state index contributed by atoms with van der Waals surface area (Å²) in [6.07, 6.45) is 1.03. The average Bonchev–Trinajstić information content (AvgIpc) is 2.87. The summed E-state index contributed by atoms with van der Waals surface area (Å²) >= 11 is 0. The van der Waals surface area contributed by atoms with Crippen molar-refractivity contribution in [2.75, 3.05) is 19.6 Å². The molecule has 110 valence electrons. The fourth-order valence-corrected chi connectivity index (χ4v) is 3.36. The van der Waals surface area contributed by atoms with Gasteiger partial charge < -0.3 is 15.2 Å². The van der Waals surface area contributed by atoms with E-state index in [9.17, 15) is 9.59 Å². The zero-order valence-corrected chi connectivity index (χ0v) is 12.5. The van der Waals surface area contributed by atoms with Gasteiger partial charge in [0.1, 0.15) is 5.56 Å². The molecule has 5 nitrogen and oxygen atoms in total. The number of rotatable bonds is 1. The third kappa shape index (κ3) is 2.36. The molecule has 2 N–H and O–H groups in total. The summed E-state index contributed by atoms with van der Waals surface area (Å²) in [6, 6.07) is 2.11. The number of nitrogens with zero attached hydrogens (tertiary/aromatic N) is 1. The van der Waals surface area contributed by atoms with Crippen molar-refractivity contribution in [1.82, 2.24) is 15.2 Å². The number of halogens is 1. The second-order valence-electron chi connectivity index (χ2n) is 5.61. The van der Waals surface area contributed by atoms with Crippen LogP contribution in [0.2, 0.25) is 0 Å². The van der Waals surface area contributed by atoms with Crippen LogP contribution in [0.4, 0.5) is 0 Å². The van der Waals surface area contributed by atoms with E-state index in [-0.39, 0.29) is 29.9 Å². The minimum absolute atomic E-state index is 0. The van der Waals surface area contributed by atoms with Gasteiger partial charge >= 0.3 is 0 Å². The predicted octanol–water partition coefficient (Wildman–Crippen LogP) is 0.847. The van der Waals surface area contributed by atoms with E-state index in [1.54, 1.807) is 0 Å². The number of hydrogen-bond acceptors (Lipinski definition) is 3. The molecule has 1 aromatic rings. The summed E-state index contributed by atoms with van der Waals surface area (Å²) in [7, 11) is 0. The topological polar surface area (TPSA) is 65.2 Å². The maximum atomic E-state index is 12.6. The van der Waals surface area contributed by atoms with Gasteiger partial charge in [-0.05, 0) is 37.8 Å². The summed E-state index contributed by atoms with van der Waals surface area (Å²) in [4.78, 5) is 29.3. The second-order valence-corrected chi connectivity index (χ2v) is 5.61. The molecule has 3 rings (SSSR count). The van der Waals surface area contributed by atoms with Crippen molar-refractivity contribution in [1.29, 1.82) is 0 Å². The molecule has 0 aliphatic carbocycles. The summed E-state index contributed by atoms with van der Waals surface area (Å²) < 4.78 is 0. The lowest BCUT2D eigenvalue weighted by molar-refractivity contribution is 0.0734. The van der Waals surface area contributed by atoms with Crippen LogP contribution in [0.1, 0.15) is 28.0 Å². The van der Waals surface area contributed by atoms with Crippen molar-refractivity contribution in [3.63, 3.8) is 0 Å². The van der Waals surface area contributed by atoms with Gasteiger partial charge in [0.25, 0.3) is 11.5 Å². The van der Waals surface area contributed by atoms with Gasteiger partial charge in [-0.15, -0.1) is 12.4 Å². The number of nitrogens with one attached hydrogen (secondary N) is 2. The molecule has 6 heteroatoms. The number of amides is 1. The number of fused-ring (bicyclic) bond motifs is 1. The Hall–Kier alpha value is -1.33. The molecule has 0 radical (unpaired) electrons. The van der Waals surface area contributed by atoms with E-state index in [0.29, 0.717) is 11.5 Å². The molecule has 2 atom stereocenters. The highest BCUT2D eigenvalue weighted by molar-refractivity contribution is 5.95. The lowest BCUT2D eigenvalue weighted by atomic mass is 10.0. The van der Waals surface area contributed by atoms with Crippen molar-refractivity contribution >= 4 is 18.3 Å². The first-order valence-corrected chi connectivity index (χ1v) is 6.80. The molecule has 3 heterocycles. The SMILES string of the molecule is Cc1cc(C)c(C(=O)N2CC[C@H]3CNC[C@H]32)c(=O)[nH]1.Cl. The summed E-state index contributed by atoms with van der Waals surface area (Å²) in [5.41, 5.74) is 1.59. The first-order chi connectivity index (χ1) is 9.08. The molecule has 1 amide bonds. The molecule has 0 aromatic carbocycles. The van der Waals surface area contributed by atoms with Crippen molar-refractivity contribution in [2.24, 2.45) is 5.92 Å². The van der Waals surface area contributed by atoms with E-state index in [1.165, 1.54) is 0 Å². The minimum atomic E-state index is -0.267. The van der Waals surface area contributed by atoms with Gasteiger partial charge in [0.15, 0.2) is 0 Å². The molecular formula is C14H20ClN3O2. The Morgan fingerprint density at radius 2 is 2.10 bits per heavy atom. The van der Waals surface area contributed by atoms with E-state index < -0.39 is 0 Å². The zero-order chi connectivity index (χ0) is 13.6. The van der Waals surface area contributed by atoms with E-state index >= 15 is 0 Å². The monoisotopic (exact) mass is 297 g/mol. The van der Waals surface area contributed by atoms with Gasteiger partial charge in [-0.2, -0.15) is 0 Å². The van der Waals surface area contributed by atoms with Crippen molar-refractivity contribution in [3.05, 3.63) is 33.2 Å². The number of pyridine rings is 1. The fourth-order valence-electron chi connectivity index (χ4n) is 3.36. The molecule has 1 aromatic heterocycles. The van der Waals surface area contributed by atoms with Crippen molar-refractivity contribution in [3.8, 4) is 0 Å². The Morgan fingerprint density at radius 1 is 1.35 bits per heavy atom. The Bertz CT molecular complexity index is 584. The number of aromatic nitrogens is 1. The summed E-state index contributed by atoms with van der Waals surface area (Å²) in [6.45, 7) is 6.25. The van der Waals surface area contributed by atoms with Gasteiger partial charge in [-0.3, -0.25) is 9.59 Å². The molecule has 2 fully saturated rings. The standard InChI is InChI=1S/C14H19N3O2.ClH/c1-8-5-9(2)16-13(18)12(8)14(19)17-4-3-10-6-15-7-11(10)17;/h5,10-11,15H,3-4,6-7H2,1-2H3,(H,16,18);1H/t10-,11+;/m0./s1. The highest BCUT2D eigenvalue weighted by Gasteiger charge is 2.40. The number of aryl methyl sites for hydroxylation is 2. The van der Waals surface area contributed by atoms with Crippen LogP contribution in [0.3, 0.4) is 0 Å². The maximum absolute atomic E-state index is 12.6. The zero-order valence-electron chi connectivity index (χ0n) is 11.7. The van der Waals surface area contributed by atoms with E-state index in [4.69, 9.17) is 0 Å². The maximum Gasteiger partial charge on any atom is 0.261 e. The largest absolute Gasteiger partial charge is 0.334 e. The van der Waals surface area contributed by atoms with Gasteiger partial charge in [0, 0.05) is 31.4 Å². The van der Waals surface area contributed by atoms with Crippen LogP contribution < -0.4 is 10.9 Å². The lowest BCUT2D eigenvalue weighted by Gasteiger charge is -2.23. The molecule has 2 aliphatic rings. The Balaban J connectivity index is 0.00000147. The number of H-pyrrole nitrogens is 1. The Labute approximate surface area is 124 Å². The first kappa shape index (κ1) is 15.1. The third-order valence-corrected chi connectivity index (χ3v) is 4.29. The molecular weight excluding hydrogens is 278 g/mol. The molecule has 0 saturated carbocycles. The molecule has 2 aliphatic heterocycles. The van der Waals surface area contributed by atoms with Crippen LogP contribution in [0, 0.1) is 19.8 Å². The van der Waals surface area contributed by atoms with Gasteiger partial charge in [0.05, 0.1) is 0 Å². The van der Waals surface area contributed by atoms with Crippen LogP contribution in [0.5, 0.6) is 0 Å². The third-order valence-electron chi connectivity index (χ3n) is 4.29.